The van der Waals surface area contributed by atoms with E-state index in [1.807, 2.05) is 13.8 Å². The first kappa shape index (κ1) is 11.7. The van der Waals surface area contributed by atoms with E-state index >= 15 is 0 Å². The highest BCUT2D eigenvalue weighted by atomic mass is 35.5. The summed E-state index contributed by atoms with van der Waals surface area (Å²) in [5.74, 6) is 0.722. The van der Waals surface area contributed by atoms with Gasteiger partial charge in [-0.25, -0.2) is 0 Å². The Morgan fingerprint density at radius 2 is 2.21 bits per heavy atom. The lowest BCUT2D eigenvalue weighted by molar-refractivity contribution is -0.543. The standard InChI is InChI=1S/C9H17ClN2O2/c1-6-5-11-8(3-4-10)7(2)9(6)12(13)14/h6-9,11H,3-5H2,1-2H3. The van der Waals surface area contributed by atoms with Gasteiger partial charge in [0.2, 0.25) is 6.04 Å². The molecule has 1 aliphatic rings. The minimum Gasteiger partial charge on any atom is -0.313 e. The summed E-state index contributed by atoms with van der Waals surface area (Å²) in [6.07, 6.45) is 0.805. The molecule has 82 valence electrons. The maximum absolute atomic E-state index is 10.9. The van der Waals surface area contributed by atoms with Crippen LogP contribution in [-0.4, -0.2) is 29.4 Å². The van der Waals surface area contributed by atoms with Crippen molar-refractivity contribution in [3.05, 3.63) is 10.1 Å². The summed E-state index contributed by atoms with van der Waals surface area (Å²) in [4.78, 5) is 10.7. The molecule has 1 heterocycles. The summed E-state index contributed by atoms with van der Waals surface area (Å²) in [6.45, 7) is 4.58. The molecule has 1 saturated heterocycles. The highest BCUT2D eigenvalue weighted by Gasteiger charge is 2.41. The molecule has 0 spiro atoms. The molecule has 4 unspecified atom stereocenters. The second-order valence-corrected chi connectivity index (χ2v) is 4.48. The predicted molar refractivity (Wildman–Crippen MR) is 56.2 cm³/mol. The average molecular weight is 221 g/mol. The van der Waals surface area contributed by atoms with Crippen molar-refractivity contribution in [1.82, 2.24) is 5.32 Å². The fraction of sp³-hybridized carbons (Fsp3) is 1.00. The molecule has 14 heavy (non-hydrogen) atoms. The summed E-state index contributed by atoms with van der Waals surface area (Å²) in [5.41, 5.74) is 0. The Bertz CT molecular complexity index is 213. The van der Waals surface area contributed by atoms with Gasteiger partial charge in [-0.1, -0.05) is 13.8 Å². The highest BCUT2D eigenvalue weighted by molar-refractivity contribution is 6.17. The molecule has 1 fully saturated rings. The van der Waals surface area contributed by atoms with E-state index in [1.54, 1.807) is 0 Å². The van der Waals surface area contributed by atoms with Crippen LogP contribution >= 0.6 is 11.6 Å². The molecule has 1 N–H and O–H groups in total. The Labute approximate surface area is 89.2 Å². The van der Waals surface area contributed by atoms with Crippen LogP contribution in [0.15, 0.2) is 0 Å². The third-order valence-electron chi connectivity index (χ3n) is 3.12. The van der Waals surface area contributed by atoms with Crippen molar-refractivity contribution < 1.29 is 4.92 Å². The van der Waals surface area contributed by atoms with Crippen molar-refractivity contribution >= 4 is 11.6 Å². The zero-order valence-corrected chi connectivity index (χ0v) is 9.33. The van der Waals surface area contributed by atoms with Gasteiger partial charge in [-0.3, -0.25) is 10.1 Å². The van der Waals surface area contributed by atoms with Crippen molar-refractivity contribution in [1.29, 1.82) is 0 Å². The third kappa shape index (κ3) is 2.36. The largest absolute Gasteiger partial charge is 0.313 e. The van der Waals surface area contributed by atoms with Crippen LogP contribution in [0.3, 0.4) is 0 Å². The van der Waals surface area contributed by atoms with Crippen molar-refractivity contribution in [2.75, 3.05) is 12.4 Å². The zero-order chi connectivity index (χ0) is 10.7. The van der Waals surface area contributed by atoms with Crippen molar-refractivity contribution in [3.63, 3.8) is 0 Å². The molecule has 0 amide bonds. The topological polar surface area (TPSA) is 55.2 Å². The summed E-state index contributed by atoms with van der Waals surface area (Å²) < 4.78 is 0. The lowest BCUT2D eigenvalue weighted by Crippen LogP contribution is -2.54. The van der Waals surface area contributed by atoms with Gasteiger partial charge in [0.1, 0.15) is 0 Å². The minimum atomic E-state index is -0.426. The van der Waals surface area contributed by atoms with Gasteiger partial charge in [-0.2, -0.15) is 0 Å². The summed E-state index contributed by atoms with van der Waals surface area (Å²) in [5, 5.41) is 14.2. The van der Waals surface area contributed by atoms with E-state index in [1.165, 1.54) is 0 Å². The van der Waals surface area contributed by atoms with E-state index in [9.17, 15) is 10.1 Å². The van der Waals surface area contributed by atoms with Gasteiger partial charge in [-0.15, -0.1) is 11.6 Å². The van der Waals surface area contributed by atoms with Gasteiger partial charge in [0.25, 0.3) is 0 Å². The number of nitrogens with one attached hydrogen (secondary N) is 1. The monoisotopic (exact) mass is 220 g/mol. The van der Waals surface area contributed by atoms with Crippen LogP contribution < -0.4 is 5.32 Å². The highest BCUT2D eigenvalue weighted by Crippen LogP contribution is 2.25. The van der Waals surface area contributed by atoms with E-state index in [0.29, 0.717) is 5.88 Å². The maximum Gasteiger partial charge on any atom is 0.220 e. The first-order valence-corrected chi connectivity index (χ1v) is 5.54. The molecule has 0 radical (unpaired) electrons. The van der Waals surface area contributed by atoms with Crippen LogP contribution in [0.5, 0.6) is 0 Å². The van der Waals surface area contributed by atoms with Crippen LogP contribution in [0.4, 0.5) is 0 Å². The summed E-state index contributed by atoms with van der Waals surface area (Å²) in [7, 11) is 0. The maximum atomic E-state index is 10.9. The Kier molecular flexibility index (Phi) is 4.13. The summed E-state index contributed by atoms with van der Waals surface area (Å²) >= 11 is 5.65. The molecule has 4 atom stereocenters. The van der Waals surface area contributed by atoms with Gasteiger partial charge in [0.15, 0.2) is 0 Å². The quantitative estimate of drug-likeness (QED) is 0.446. The number of piperidine rings is 1. The molecule has 0 aromatic rings. The normalized spacial score (nSPS) is 38.2. The van der Waals surface area contributed by atoms with E-state index in [-0.39, 0.29) is 22.8 Å². The molecule has 0 aromatic heterocycles. The Morgan fingerprint density at radius 1 is 1.57 bits per heavy atom. The average Bonchev–Trinajstić information content (AvgIpc) is 2.10. The SMILES string of the molecule is CC1CNC(CCCl)C(C)C1[N+](=O)[O-]. The number of halogens is 1. The number of hydrogen-bond acceptors (Lipinski definition) is 3. The molecular formula is C9H17ClN2O2. The fourth-order valence-corrected chi connectivity index (χ4v) is 2.52. The molecule has 0 aromatic carbocycles. The number of rotatable bonds is 3. The first-order valence-electron chi connectivity index (χ1n) is 5.00. The molecule has 0 saturated carbocycles. The van der Waals surface area contributed by atoms with E-state index in [4.69, 9.17) is 11.6 Å². The second-order valence-electron chi connectivity index (χ2n) is 4.10. The van der Waals surface area contributed by atoms with Crippen LogP contribution in [0.2, 0.25) is 0 Å². The van der Waals surface area contributed by atoms with Crippen molar-refractivity contribution in [2.24, 2.45) is 11.8 Å². The van der Waals surface area contributed by atoms with Crippen LogP contribution in [0, 0.1) is 22.0 Å². The van der Waals surface area contributed by atoms with Crippen LogP contribution in [0.25, 0.3) is 0 Å². The zero-order valence-electron chi connectivity index (χ0n) is 8.57. The Morgan fingerprint density at radius 3 is 2.71 bits per heavy atom. The van der Waals surface area contributed by atoms with Gasteiger partial charge in [0, 0.05) is 35.2 Å². The van der Waals surface area contributed by atoms with Crippen LogP contribution in [-0.2, 0) is 0 Å². The number of hydrogen-bond donors (Lipinski definition) is 1. The molecule has 0 aliphatic carbocycles. The van der Waals surface area contributed by atoms with Gasteiger partial charge in [0.05, 0.1) is 0 Å². The number of nitro groups is 1. The first-order chi connectivity index (χ1) is 6.57. The van der Waals surface area contributed by atoms with Gasteiger partial charge >= 0.3 is 0 Å². The van der Waals surface area contributed by atoms with E-state index < -0.39 is 6.04 Å². The minimum absolute atomic E-state index is 0.0625. The molecule has 1 rings (SSSR count). The molecule has 4 nitrogen and oxygen atoms in total. The summed E-state index contributed by atoms with van der Waals surface area (Å²) in [6, 6.07) is -0.233. The lowest BCUT2D eigenvalue weighted by Gasteiger charge is -2.35. The molecule has 0 bridgehead atoms. The van der Waals surface area contributed by atoms with Gasteiger partial charge < -0.3 is 5.32 Å². The second kappa shape index (κ2) is 4.94. The van der Waals surface area contributed by atoms with Crippen molar-refractivity contribution in [2.45, 2.75) is 32.4 Å². The van der Waals surface area contributed by atoms with E-state index in [0.717, 1.165) is 13.0 Å². The van der Waals surface area contributed by atoms with Crippen LogP contribution in [0.1, 0.15) is 20.3 Å². The lowest BCUT2D eigenvalue weighted by atomic mass is 9.81. The Balaban J connectivity index is 2.67. The molecule has 5 heteroatoms. The van der Waals surface area contributed by atoms with E-state index in [2.05, 4.69) is 5.32 Å². The number of alkyl halides is 1. The molecular weight excluding hydrogens is 204 g/mol. The van der Waals surface area contributed by atoms with Crippen molar-refractivity contribution in [3.8, 4) is 0 Å². The van der Waals surface area contributed by atoms with Gasteiger partial charge in [-0.05, 0) is 6.42 Å². The third-order valence-corrected chi connectivity index (χ3v) is 3.34. The predicted octanol–water partition coefficient (Wildman–Crippen LogP) is 1.50. The number of nitrogens with zero attached hydrogens (tertiary/aromatic N) is 1. The molecule has 1 aliphatic heterocycles. The Hall–Kier alpha value is -0.350. The smallest absolute Gasteiger partial charge is 0.220 e. The fourth-order valence-electron chi connectivity index (χ4n) is 2.28.